The minimum absolute atomic E-state index is 0.0230. The second kappa shape index (κ2) is 11.4. The van der Waals surface area contributed by atoms with Crippen LogP contribution in [0.5, 0.6) is 0 Å². The van der Waals surface area contributed by atoms with Crippen molar-refractivity contribution in [2.45, 2.75) is 26.2 Å². The number of nitrogens with zero attached hydrogens (tertiary/aromatic N) is 2. The van der Waals surface area contributed by atoms with Gasteiger partial charge in [0, 0.05) is 19.5 Å². The molecule has 2 aromatic rings. The summed E-state index contributed by atoms with van der Waals surface area (Å²) in [4.78, 5) is 20.0. The Morgan fingerprint density at radius 2 is 1.83 bits per heavy atom. The Labute approximate surface area is 173 Å². The molecule has 1 atom stereocenters. The fraction of sp³-hybridized carbons (Fsp3) is 0.417. The van der Waals surface area contributed by atoms with Gasteiger partial charge in [0.15, 0.2) is 0 Å². The fourth-order valence-electron chi connectivity index (χ4n) is 3.61. The minimum atomic E-state index is -0.0784. The quantitative estimate of drug-likeness (QED) is 0.280. The summed E-state index contributed by atoms with van der Waals surface area (Å²) >= 11 is 0. The first-order valence-corrected chi connectivity index (χ1v) is 10.4. The van der Waals surface area contributed by atoms with E-state index >= 15 is 0 Å². The lowest BCUT2D eigenvalue weighted by atomic mass is 9.98. The zero-order valence-electron chi connectivity index (χ0n) is 17.1. The van der Waals surface area contributed by atoms with E-state index < -0.39 is 0 Å². The van der Waals surface area contributed by atoms with Crippen LogP contribution in [0.3, 0.4) is 0 Å². The Hall–Kier alpha value is -2.66. The van der Waals surface area contributed by atoms with E-state index in [1.165, 1.54) is 5.56 Å². The van der Waals surface area contributed by atoms with Crippen molar-refractivity contribution in [1.29, 1.82) is 0 Å². The first kappa shape index (κ1) is 21.1. The van der Waals surface area contributed by atoms with Crippen molar-refractivity contribution in [3.8, 4) is 0 Å². The smallest absolute Gasteiger partial charge is 0.310 e. The molecular weight excluding hydrogens is 364 g/mol. The number of likely N-dealkylation sites (tertiary alicyclic amines) is 1. The molecule has 0 radical (unpaired) electrons. The summed E-state index contributed by atoms with van der Waals surface area (Å²) in [6.07, 6.45) is 2.64. The molecule has 29 heavy (non-hydrogen) atoms. The molecular formula is C24H30N2O3. The summed E-state index contributed by atoms with van der Waals surface area (Å²) in [5.74, 6) is -0.101. The van der Waals surface area contributed by atoms with Gasteiger partial charge in [-0.15, -0.1) is 0 Å². The van der Waals surface area contributed by atoms with Crippen LogP contribution in [0.1, 0.15) is 30.9 Å². The number of piperidine rings is 1. The van der Waals surface area contributed by atoms with Gasteiger partial charge >= 0.3 is 5.97 Å². The molecule has 0 amide bonds. The summed E-state index contributed by atoms with van der Waals surface area (Å²) in [6.45, 7) is 5.27. The molecule has 0 spiro atoms. The van der Waals surface area contributed by atoms with Gasteiger partial charge < -0.3 is 9.57 Å². The maximum Gasteiger partial charge on any atom is 0.310 e. The highest BCUT2D eigenvalue weighted by molar-refractivity contribution is 6.01. The van der Waals surface area contributed by atoms with Gasteiger partial charge in [-0.1, -0.05) is 65.8 Å². The fourth-order valence-corrected chi connectivity index (χ4v) is 3.61. The number of benzene rings is 2. The number of esters is 1. The number of carbonyl (C=O) groups is 1. The summed E-state index contributed by atoms with van der Waals surface area (Å²) in [7, 11) is 0. The molecule has 0 aromatic heterocycles. The highest BCUT2D eigenvalue weighted by Gasteiger charge is 2.26. The molecule has 0 unspecified atom stereocenters. The Morgan fingerprint density at radius 3 is 2.55 bits per heavy atom. The minimum Gasteiger partial charge on any atom is -0.466 e. The average molecular weight is 395 g/mol. The van der Waals surface area contributed by atoms with Crippen LogP contribution < -0.4 is 0 Å². The van der Waals surface area contributed by atoms with Crippen molar-refractivity contribution in [2.24, 2.45) is 11.1 Å². The normalized spacial score (nSPS) is 17.7. The van der Waals surface area contributed by atoms with Crippen LogP contribution in [0.25, 0.3) is 0 Å². The van der Waals surface area contributed by atoms with Crippen LogP contribution in [0, 0.1) is 5.92 Å². The number of ether oxygens (including phenoxy) is 1. The van der Waals surface area contributed by atoms with Crippen molar-refractivity contribution in [3.63, 3.8) is 0 Å². The lowest BCUT2D eigenvalue weighted by molar-refractivity contribution is -0.150. The van der Waals surface area contributed by atoms with Crippen molar-refractivity contribution in [1.82, 2.24) is 4.90 Å². The Bertz CT molecular complexity index is 777. The summed E-state index contributed by atoms with van der Waals surface area (Å²) in [5.41, 5.74) is 3.18. The molecule has 1 saturated heterocycles. The molecule has 1 aliphatic heterocycles. The Kier molecular flexibility index (Phi) is 8.25. The summed E-state index contributed by atoms with van der Waals surface area (Å²) < 4.78 is 5.17. The van der Waals surface area contributed by atoms with E-state index in [-0.39, 0.29) is 11.9 Å². The number of hydrogen-bond donors (Lipinski definition) is 0. The second-order valence-electron chi connectivity index (χ2n) is 7.29. The van der Waals surface area contributed by atoms with Crippen LogP contribution in [-0.2, 0) is 20.8 Å². The standard InChI is InChI=1S/C24H30N2O3/c1-2-28-24(27)22-14-9-15-26(19-22)16-17-29-25-23(21-12-7-4-8-13-21)18-20-10-5-3-6-11-20/h3-8,10-13,22H,2,9,14-19H2,1H3/t22-/m1/s1. The monoisotopic (exact) mass is 394 g/mol. The number of hydrogen-bond acceptors (Lipinski definition) is 5. The van der Waals surface area contributed by atoms with Crippen molar-refractivity contribution in [3.05, 3.63) is 71.8 Å². The van der Waals surface area contributed by atoms with Gasteiger partial charge in [0.25, 0.3) is 0 Å². The molecule has 2 aromatic carbocycles. The predicted octanol–water partition coefficient (Wildman–Crippen LogP) is 3.93. The van der Waals surface area contributed by atoms with Crippen LogP contribution >= 0.6 is 0 Å². The van der Waals surface area contributed by atoms with Gasteiger partial charge in [-0.05, 0) is 37.4 Å². The largest absolute Gasteiger partial charge is 0.466 e. The third-order valence-electron chi connectivity index (χ3n) is 5.12. The molecule has 1 heterocycles. The molecule has 5 nitrogen and oxygen atoms in total. The van der Waals surface area contributed by atoms with Crippen molar-refractivity contribution < 1.29 is 14.4 Å². The van der Waals surface area contributed by atoms with E-state index in [0.29, 0.717) is 13.2 Å². The lowest BCUT2D eigenvalue weighted by Crippen LogP contribution is -2.40. The average Bonchev–Trinajstić information content (AvgIpc) is 2.77. The number of oxime groups is 1. The predicted molar refractivity (Wildman–Crippen MR) is 115 cm³/mol. The van der Waals surface area contributed by atoms with Crippen LogP contribution in [0.15, 0.2) is 65.8 Å². The van der Waals surface area contributed by atoms with Gasteiger partial charge in [0.05, 0.1) is 18.2 Å². The van der Waals surface area contributed by atoms with Gasteiger partial charge in [0.2, 0.25) is 0 Å². The molecule has 154 valence electrons. The van der Waals surface area contributed by atoms with Gasteiger partial charge in [0.1, 0.15) is 6.61 Å². The highest BCUT2D eigenvalue weighted by Crippen LogP contribution is 2.17. The maximum absolute atomic E-state index is 12.0. The Morgan fingerprint density at radius 1 is 1.10 bits per heavy atom. The van der Waals surface area contributed by atoms with E-state index in [0.717, 1.165) is 50.2 Å². The summed E-state index contributed by atoms with van der Waals surface area (Å²) in [5, 5.41) is 4.46. The topological polar surface area (TPSA) is 51.1 Å². The van der Waals surface area contributed by atoms with Gasteiger partial charge in [-0.3, -0.25) is 9.69 Å². The zero-order chi connectivity index (χ0) is 20.3. The molecule has 5 heteroatoms. The van der Waals surface area contributed by atoms with Crippen LogP contribution in [0.4, 0.5) is 0 Å². The molecule has 1 aliphatic rings. The van der Waals surface area contributed by atoms with Gasteiger partial charge in [-0.25, -0.2) is 0 Å². The van der Waals surface area contributed by atoms with E-state index in [9.17, 15) is 4.79 Å². The molecule has 0 N–H and O–H groups in total. The third-order valence-corrected chi connectivity index (χ3v) is 5.12. The molecule has 1 fully saturated rings. The van der Waals surface area contributed by atoms with Gasteiger partial charge in [-0.2, -0.15) is 0 Å². The van der Waals surface area contributed by atoms with Crippen LogP contribution in [-0.4, -0.2) is 49.4 Å². The third kappa shape index (κ3) is 6.71. The van der Waals surface area contributed by atoms with Crippen molar-refractivity contribution >= 4 is 11.7 Å². The van der Waals surface area contributed by atoms with E-state index in [1.807, 2.05) is 43.3 Å². The molecule has 0 saturated carbocycles. The Balaban J connectivity index is 1.55. The first-order chi connectivity index (χ1) is 14.3. The highest BCUT2D eigenvalue weighted by atomic mass is 16.6. The second-order valence-corrected chi connectivity index (χ2v) is 7.29. The lowest BCUT2D eigenvalue weighted by Gasteiger charge is -2.30. The zero-order valence-corrected chi connectivity index (χ0v) is 17.1. The van der Waals surface area contributed by atoms with Crippen LogP contribution in [0.2, 0.25) is 0 Å². The maximum atomic E-state index is 12.0. The van der Waals surface area contributed by atoms with E-state index in [4.69, 9.17) is 9.57 Å². The van der Waals surface area contributed by atoms with E-state index in [2.05, 4.69) is 34.3 Å². The number of carbonyl (C=O) groups excluding carboxylic acids is 1. The summed E-state index contributed by atoms with van der Waals surface area (Å²) in [6, 6.07) is 20.4. The molecule has 0 aliphatic carbocycles. The number of rotatable bonds is 9. The van der Waals surface area contributed by atoms with E-state index in [1.54, 1.807) is 0 Å². The molecule has 0 bridgehead atoms. The SMILES string of the molecule is CCOC(=O)[C@@H]1CCCN(CCON=C(Cc2ccccc2)c2ccccc2)C1. The van der Waals surface area contributed by atoms with Crippen molar-refractivity contribution in [2.75, 3.05) is 32.8 Å². The first-order valence-electron chi connectivity index (χ1n) is 10.4. The molecule has 3 rings (SSSR count).